The van der Waals surface area contributed by atoms with Crippen LogP contribution in [0.1, 0.15) is 11.3 Å². The van der Waals surface area contributed by atoms with Gasteiger partial charge in [-0.15, -0.1) is 10.2 Å². The summed E-state index contributed by atoms with van der Waals surface area (Å²) in [6.07, 6.45) is 1.55. The van der Waals surface area contributed by atoms with Gasteiger partial charge in [-0.3, -0.25) is 4.98 Å². The molecule has 0 radical (unpaired) electrons. The minimum absolute atomic E-state index is 0.227. The molecule has 0 saturated heterocycles. The van der Waals surface area contributed by atoms with E-state index in [2.05, 4.69) is 20.3 Å². The van der Waals surface area contributed by atoms with Gasteiger partial charge in [0.15, 0.2) is 5.15 Å². The quantitative estimate of drug-likeness (QED) is 0.722. The first kappa shape index (κ1) is 14.7. The van der Waals surface area contributed by atoms with Crippen LogP contribution in [0.25, 0.3) is 11.4 Å². The number of halogens is 2. The summed E-state index contributed by atoms with van der Waals surface area (Å²) in [6.45, 7) is 2.03. The van der Waals surface area contributed by atoms with Crippen LogP contribution in [-0.4, -0.2) is 20.3 Å². The molecule has 0 amide bonds. The van der Waals surface area contributed by atoms with Crippen LogP contribution >= 0.6 is 23.2 Å². The first-order valence-electron chi connectivity index (χ1n) is 6.32. The first-order chi connectivity index (χ1) is 10.6. The maximum Gasteiger partial charge on any atom is 0.233 e. The van der Waals surface area contributed by atoms with Crippen molar-refractivity contribution in [2.75, 3.05) is 0 Å². The lowest BCUT2D eigenvalue weighted by atomic mass is 10.1. The van der Waals surface area contributed by atoms with Crippen molar-refractivity contribution in [3.63, 3.8) is 0 Å². The summed E-state index contributed by atoms with van der Waals surface area (Å²) in [5.41, 5.74) is 2.05. The van der Waals surface area contributed by atoms with E-state index >= 15 is 0 Å². The van der Waals surface area contributed by atoms with Gasteiger partial charge in [0.1, 0.15) is 18.1 Å². The third kappa shape index (κ3) is 3.18. The predicted molar refractivity (Wildman–Crippen MR) is 80.9 cm³/mol. The van der Waals surface area contributed by atoms with Gasteiger partial charge >= 0.3 is 0 Å². The van der Waals surface area contributed by atoms with Gasteiger partial charge in [-0.05, 0) is 25.1 Å². The SMILES string of the molecule is Cc1onc(-c2ccc(Cl)cn2)c1COc1ccc(Cl)nn1. The standard InChI is InChI=1S/C14H10Cl2N4O2/c1-8-10(7-21-13-5-4-12(16)18-19-13)14(20-22-8)11-3-2-9(15)6-17-11/h2-6H,7H2,1H3. The molecule has 0 aliphatic heterocycles. The smallest absolute Gasteiger partial charge is 0.233 e. The van der Waals surface area contributed by atoms with Crippen molar-refractivity contribution in [2.24, 2.45) is 0 Å². The lowest BCUT2D eigenvalue weighted by Crippen LogP contribution is -2.00. The summed E-state index contributed by atoms with van der Waals surface area (Å²) in [5.74, 6) is 1.01. The first-order valence-corrected chi connectivity index (χ1v) is 7.08. The topological polar surface area (TPSA) is 73.9 Å². The predicted octanol–water partition coefficient (Wildman–Crippen LogP) is 3.72. The zero-order valence-electron chi connectivity index (χ0n) is 11.5. The Bertz CT molecular complexity index is 773. The zero-order valence-corrected chi connectivity index (χ0v) is 13.0. The van der Waals surface area contributed by atoms with E-state index < -0.39 is 0 Å². The highest BCUT2D eigenvalue weighted by Gasteiger charge is 2.16. The summed E-state index contributed by atoms with van der Waals surface area (Å²) >= 11 is 11.5. The van der Waals surface area contributed by atoms with E-state index in [9.17, 15) is 0 Å². The zero-order chi connectivity index (χ0) is 15.5. The molecular weight excluding hydrogens is 327 g/mol. The average Bonchev–Trinajstić information content (AvgIpc) is 2.89. The van der Waals surface area contributed by atoms with Crippen LogP contribution in [0.3, 0.4) is 0 Å². The molecule has 112 valence electrons. The lowest BCUT2D eigenvalue weighted by molar-refractivity contribution is 0.287. The van der Waals surface area contributed by atoms with E-state index in [1.54, 1.807) is 37.4 Å². The summed E-state index contributed by atoms with van der Waals surface area (Å²) in [5, 5.41) is 12.4. The van der Waals surface area contributed by atoms with E-state index in [1.165, 1.54) is 0 Å². The molecule has 0 spiro atoms. The van der Waals surface area contributed by atoms with Crippen LogP contribution < -0.4 is 4.74 Å². The molecular formula is C14H10Cl2N4O2. The molecule has 3 rings (SSSR count). The van der Waals surface area contributed by atoms with Crippen LogP contribution in [0.4, 0.5) is 0 Å². The normalized spacial score (nSPS) is 10.7. The number of hydrogen-bond acceptors (Lipinski definition) is 6. The van der Waals surface area contributed by atoms with Gasteiger partial charge in [0.2, 0.25) is 5.88 Å². The number of hydrogen-bond donors (Lipinski definition) is 0. The van der Waals surface area contributed by atoms with E-state index in [-0.39, 0.29) is 6.61 Å². The Morgan fingerprint density at radius 1 is 1.14 bits per heavy atom. The second-order valence-electron chi connectivity index (χ2n) is 4.41. The van der Waals surface area contributed by atoms with Gasteiger partial charge < -0.3 is 9.26 Å². The molecule has 0 aliphatic rings. The van der Waals surface area contributed by atoms with Crippen molar-refractivity contribution in [1.29, 1.82) is 0 Å². The fourth-order valence-electron chi connectivity index (χ4n) is 1.81. The minimum Gasteiger partial charge on any atom is -0.472 e. The highest BCUT2D eigenvalue weighted by Crippen LogP contribution is 2.25. The van der Waals surface area contributed by atoms with Gasteiger partial charge in [0.05, 0.1) is 16.3 Å². The molecule has 0 bridgehead atoms. The molecule has 3 aromatic rings. The van der Waals surface area contributed by atoms with Crippen molar-refractivity contribution in [3.8, 4) is 17.3 Å². The highest BCUT2D eigenvalue weighted by molar-refractivity contribution is 6.30. The Balaban J connectivity index is 1.83. The molecule has 0 aliphatic carbocycles. The molecule has 0 atom stereocenters. The van der Waals surface area contributed by atoms with Crippen molar-refractivity contribution in [1.82, 2.24) is 20.3 Å². The summed E-state index contributed by atoms with van der Waals surface area (Å²) in [6, 6.07) is 6.75. The molecule has 0 aromatic carbocycles. The van der Waals surface area contributed by atoms with E-state index in [1.807, 2.05) is 0 Å². The number of pyridine rings is 1. The molecule has 6 nitrogen and oxygen atoms in total. The largest absolute Gasteiger partial charge is 0.472 e. The third-order valence-corrected chi connectivity index (χ3v) is 3.35. The Morgan fingerprint density at radius 2 is 2.00 bits per heavy atom. The molecule has 8 heteroatoms. The van der Waals surface area contributed by atoms with Gasteiger partial charge in [-0.2, -0.15) is 0 Å². The molecule has 3 heterocycles. The van der Waals surface area contributed by atoms with Crippen molar-refractivity contribution >= 4 is 23.2 Å². The fourth-order valence-corrected chi connectivity index (χ4v) is 2.02. The lowest BCUT2D eigenvalue weighted by Gasteiger charge is -2.05. The Labute approximate surface area is 136 Å². The average molecular weight is 337 g/mol. The number of rotatable bonds is 4. The van der Waals surface area contributed by atoms with Crippen molar-refractivity contribution < 1.29 is 9.26 Å². The Hall–Kier alpha value is -2.18. The molecule has 0 N–H and O–H groups in total. The van der Waals surface area contributed by atoms with E-state index in [0.717, 1.165) is 5.56 Å². The summed E-state index contributed by atoms with van der Waals surface area (Å²) < 4.78 is 10.8. The van der Waals surface area contributed by atoms with Crippen LogP contribution in [0.5, 0.6) is 5.88 Å². The Kier molecular flexibility index (Phi) is 4.22. The second kappa shape index (κ2) is 6.29. The molecule has 22 heavy (non-hydrogen) atoms. The summed E-state index contributed by atoms with van der Waals surface area (Å²) in [7, 11) is 0. The van der Waals surface area contributed by atoms with Crippen LogP contribution in [0.15, 0.2) is 35.0 Å². The number of ether oxygens (including phenoxy) is 1. The second-order valence-corrected chi connectivity index (χ2v) is 5.23. The van der Waals surface area contributed by atoms with Crippen molar-refractivity contribution in [2.45, 2.75) is 13.5 Å². The summed E-state index contributed by atoms with van der Waals surface area (Å²) in [4.78, 5) is 4.23. The molecule has 0 unspecified atom stereocenters. The van der Waals surface area contributed by atoms with Gasteiger partial charge in [-0.25, -0.2) is 0 Å². The molecule has 3 aromatic heterocycles. The van der Waals surface area contributed by atoms with E-state index in [4.69, 9.17) is 32.5 Å². The van der Waals surface area contributed by atoms with Gasteiger partial charge in [-0.1, -0.05) is 28.4 Å². The van der Waals surface area contributed by atoms with Gasteiger partial charge in [0.25, 0.3) is 0 Å². The maximum absolute atomic E-state index is 5.84. The van der Waals surface area contributed by atoms with Crippen LogP contribution in [0.2, 0.25) is 10.2 Å². The monoisotopic (exact) mass is 336 g/mol. The van der Waals surface area contributed by atoms with E-state index in [0.29, 0.717) is 33.2 Å². The van der Waals surface area contributed by atoms with Crippen molar-refractivity contribution in [3.05, 3.63) is 52.0 Å². The molecule has 0 fully saturated rings. The number of aromatic nitrogens is 4. The molecule has 0 saturated carbocycles. The minimum atomic E-state index is 0.227. The fraction of sp³-hybridized carbons (Fsp3) is 0.143. The van der Waals surface area contributed by atoms with Crippen LogP contribution in [-0.2, 0) is 6.61 Å². The highest BCUT2D eigenvalue weighted by atomic mass is 35.5. The Morgan fingerprint density at radius 3 is 2.68 bits per heavy atom. The maximum atomic E-state index is 5.84. The number of aryl methyl sites for hydroxylation is 1. The third-order valence-electron chi connectivity index (χ3n) is 2.93. The van der Waals surface area contributed by atoms with Gasteiger partial charge in [0, 0.05) is 12.3 Å². The van der Waals surface area contributed by atoms with Crippen LogP contribution in [0, 0.1) is 6.92 Å². The number of nitrogens with zero attached hydrogens (tertiary/aromatic N) is 4.